The number of carbonyl (C=O) groups excluding carboxylic acids is 2. The summed E-state index contributed by atoms with van der Waals surface area (Å²) in [6, 6.07) is 13.6. The topological polar surface area (TPSA) is 70.5 Å². The molecule has 5 nitrogen and oxygen atoms in total. The molecule has 1 aromatic heterocycles. The third kappa shape index (κ3) is 3.70. The van der Waals surface area contributed by atoms with Gasteiger partial charge >= 0.3 is 0 Å². The third-order valence-electron chi connectivity index (χ3n) is 5.23. The van der Waals surface area contributed by atoms with Crippen molar-refractivity contribution in [3.05, 3.63) is 106 Å². The van der Waals surface area contributed by atoms with Gasteiger partial charge in [0.05, 0.1) is 23.9 Å². The molecule has 0 saturated carbocycles. The molecule has 31 heavy (non-hydrogen) atoms. The highest BCUT2D eigenvalue weighted by atomic mass is 19.1. The van der Waals surface area contributed by atoms with Crippen LogP contribution < -0.4 is 0 Å². The van der Waals surface area contributed by atoms with Crippen LogP contribution in [0.25, 0.3) is 5.76 Å². The molecule has 7 heteroatoms. The highest BCUT2D eigenvalue weighted by Gasteiger charge is 2.47. The molecule has 1 aliphatic rings. The number of pyridine rings is 1. The lowest BCUT2D eigenvalue weighted by atomic mass is 9.94. The van der Waals surface area contributed by atoms with Gasteiger partial charge in [0.1, 0.15) is 17.4 Å². The monoisotopic (exact) mass is 420 g/mol. The Morgan fingerprint density at radius 3 is 2.45 bits per heavy atom. The van der Waals surface area contributed by atoms with E-state index in [-0.39, 0.29) is 28.8 Å². The number of hydrogen-bond acceptors (Lipinski definition) is 4. The first kappa shape index (κ1) is 20.4. The van der Waals surface area contributed by atoms with Gasteiger partial charge in [0.2, 0.25) is 0 Å². The summed E-state index contributed by atoms with van der Waals surface area (Å²) < 4.78 is 28.4. The second kappa shape index (κ2) is 8.10. The van der Waals surface area contributed by atoms with Gasteiger partial charge in [-0.3, -0.25) is 14.6 Å². The van der Waals surface area contributed by atoms with Gasteiger partial charge in [0.25, 0.3) is 11.7 Å². The molecule has 1 saturated heterocycles. The molecule has 3 aromatic rings. The van der Waals surface area contributed by atoms with E-state index in [0.717, 1.165) is 6.07 Å². The molecular formula is C24H18F2N2O3. The molecule has 0 radical (unpaired) electrons. The highest BCUT2D eigenvalue weighted by Crippen LogP contribution is 2.41. The molecule has 4 rings (SSSR count). The number of ketones is 1. The number of rotatable bonds is 4. The quantitative estimate of drug-likeness (QED) is 0.388. The van der Waals surface area contributed by atoms with Crippen molar-refractivity contribution < 1.29 is 23.5 Å². The van der Waals surface area contributed by atoms with Crippen molar-refractivity contribution in [3.8, 4) is 0 Å². The summed E-state index contributed by atoms with van der Waals surface area (Å²) in [6.45, 7) is 1.46. The van der Waals surface area contributed by atoms with Crippen molar-refractivity contribution in [3.63, 3.8) is 0 Å². The Bertz CT molecular complexity index is 1210. The fourth-order valence-electron chi connectivity index (χ4n) is 3.68. The molecule has 1 amide bonds. The van der Waals surface area contributed by atoms with Gasteiger partial charge in [-0.1, -0.05) is 24.3 Å². The van der Waals surface area contributed by atoms with E-state index < -0.39 is 35.1 Å². The summed E-state index contributed by atoms with van der Waals surface area (Å²) in [6.07, 6.45) is 1.55. The number of hydrogen-bond donors (Lipinski definition) is 1. The van der Waals surface area contributed by atoms with E-state index in [1.807, 2.05) is 0 Å². The Hall–Kier alpha value is -3.87. The highest BCUT2D eigenvalue weighted by molar-refractivity contribution is 6.46. The summed E-state index contributed by atoms with van der Waals surface area (Å²) in [4.78, 5) is 31.2. The number of amides is 1. The Labute approximate surface area is 177 Å². The molecule has 1 N–H and O–H groups in total. The van der Waals surface area contributed by atoms with Crippen LogP contribution in [0.1, 0.15) is 28.4 Å². The summed E-state index contributed by atoms with van der Waals surface area (Å²) in [5.41, 5.74) is 0.740. The zero-order valence-corrected chi connectivity index (χ0v) is 16.5. The minimum Gasteiger partial charge on any atom is -0.507 e. The number of benzene rings is 2. The van der Waals surface area contributed by atoms with Crippen molar-refractivity contribution in [2.24, 2.45) is 0 Å². The van der Waals surface area contributed by atoms with Gasteiger partial charge < -0.3 is 10.0 Å². The van der Waals surface area contributed by atoms with Crippen LogP contribution in [0.5, 0.6) is 0 Å². The number of aliphatic hydroxyl groups is 1. The second-order valence-corrected chi connectivity index (χ2v) is 7.23. The molecule has 0 bridgehead atoms. The summed E-state index contributed by atoms with van der Waals surface area (Å²) in [5.74, 6) is -3.40. The lowest BCUT2D eigenvalue weighted by molar-refractivity contribution is -0.140. The fourth-order valence-corrected chi connectivity index (χ4v) is 3.68. The number of likely N-dealkylation sites (tertiary alicyclic amines) is 1. The van der Waals surface area contributed by atoms with Crippen LogP contribution in [0, 0.1) is 18.6 Å². The molecule has 2 heterocycles. The van der Waals surface area contributed by atoms with Crippen molar-refractivity contribution in [1.29, 1.82) is 0 Å². The van der Waals surface area contributed by atoms with Gasteiger partial charge in [-0.2, -0.15) is 0 Å². The predicted molar refractivity (Wildman–Crippen MR) is 110 cm³/mol. The average Bonchev–Trinajstić information content (AvgIpc) is 3.01. The molecule has 156 valence electrons. The zero-order chi connectivity index (χ0) is 22.1. The minimum absolute atomic E-state index is 0.0519. The standard InChI is InChI=1S/C24H18F2N2O3/c1-14-12-15(9-10-18(14)25)22(29)20-21(17-7-2-3-8-19(17)26)28(24(31)23(20)30)13-16-6-4-5-11-27-16/h2-12,21,29H,13H2,1H3/b22-20+. The van der Waals surface area contributed by atoms with E-state index in [1.165, 1.54) is 42.2 Å². The Morgan fingerprint density at radius 2 is 1.77 bits per heavy atom. The van der Waals surface area contributed by atoms with Gasteiger partial charge in [0.15, 0.2) is 0 Å². The van der Waals surface area contributed by atoms with E-state index in [1.54, 1.807) is 30.5 Å². The Morgan fingerprint density at radius 1 is 1.03 bits per heavy atom. The molecule has 1 unspecified atom stereocenters. The summed E-state index contributed by atoms with van der Waals surface area (Å²) in [5, 5.41) is 10.9. The number of aromatic nitrogens is 1. The first-order valence-corrected chi connectivity index (χ1v) is 9.57. The fraction of sp³-hybridized carbons (Fsp3) is 0.125. The molecule has 1 atom stereocenters. The SMILES string of the molecule is Cc1cc(/C(O)=C2\C(=O)C(=O)N(Cc3ccccn3)C2c2ccccc2F)ccc1F. The number of aryl methyl sites for hydroxylation is 1. The lowest BCUT2D eigenvalue weighted by Gasteiger charge is -2.25. The van der Waals surface area contributed by atoms with Crippen LogP contribution in [0.15, 0.2) is 72.4 Å². The Kier molecular flexibility index (Phi) is 5.33. The van der Waals surface area contributed by atoms with Crippen molar-refractivity contribution in [2.75, 3.05) is 0 Å². The van der Waals surface area contributed by atoms with E-state index in [2.05, 4.69) is 4.98 Å². The molecule has 2 aromatic carbocycles. The number of Topliss-reactive ketones (excluding diaryl/α,β-unsaturated/α-hetero) is 1. The lowest BCUT2D eigenvalue weighted by Crippen LogP contribution is -2.30. The maximum atomic E-state index is 14.7. The van der Waals surface area contributed by atoms with Gasteiger partial charge in [-0.05, 0) is 48.9 Å². The maximum Gasteiger partial charge on any atom is 0.296 e. The molecular weight excluding hydrogens is 402 g/mol. The number of aliphatic hydroxyl groups excluding tert-OH is 1. The van der Waals surface area contributed by atoms with Gasteiger partial charge in [-0.25, -0.2) is 8.78 Å². The number of carbonyl (C=O) groups is 2. The number of nitrogens with zero attached hydrogens (tertiary/aromatic N) is 2. The van der Waals surface area contributed by atoms with E-state index in [4.69, 9.17) is 0 Å². The predicted octanol–water partition coefficient (Wildman–Crippen LogP) is 4.29. The van der Waals surface area contributed by atoms with Crippen LogP contribution in [-0.4, -0.2) is 26.7 Å². The van der Waals surface area contributed by atoms with Crippen molar-refractivity contribution in [2.45, 2.75) is 19.5 Å². The van der Waals surface area contributed by atoms with Crippen LogP contribution in [0.3, 0.4) is 0 Å². The number of halogens is 2. The molecule has 0 aliphatic carbocycles. The van der Waals surface area contributed by atoms with Gasteiger partial charge in [-0.15, -0.1) is 0 Å². The summed E-state index contributed by atoms with van der Waals surface area (Å²) >= 11 is 0. The van der Waals surface area contributed by atoms with Gasteiger partial charge in [0, 0.05) is 17.3 Å². The zero-order valence-electron chi connectivity index (χ0n) is 16.5. The first-order chi connectivity index (χ1) is 14.9. The van der Waals surface area contributed by atoms with Crippen LogP contribution in [-0.2, 0) is 16.1 Å². The largest absolute Gasteiger partial charge is 0.507 e. The molecule has 1 fully saturated rings. The van der Waals surface area contributed by atoms with Crippen LogP contribution in [0.2, 0.25) is 0 Å². The Balaban J connectivity index is 1.90. The van der Waals surface area contributed by atoms with E-state index in [9.17, 15) is 23.5 Å². The normalized spacial score (nSPS) is 17.9. The molecule has 1 aliphatic heterocycles. The van der Waals surface area contributed by atoms with Crippen LogP contribution in [0.4, 0.5) is 8.78 Å². The first-order valence-electron chi connectivity index (χ1n) is 9.57. The maximum absolute atomic E-state index is 14.7. The molecule has 0 spiro atoms. The second-order valence-electron chi connectivity index (χ2n) is 7.23. The minimum atomic E-state index is -1.16. The van der Waals surface area contributed by atoms with Crippen LogP contribution >= 0.6 is 0 Å². The van der Waals surface area contributed by atoms with Crippen molar-refractivity contribution in [1.82, 2.24) is 9.88 Å². The third-order valence-corrected chi connectivity index (χ3v) is 5.23. The average molecular weight is 420 g/mol. The van der Waals surface area contributed by atoms with E-state index >= 15 is 0 Å². The smallest absolute Gasteiger partial charge is 0.296 e. The summed E-state index contributed by atoms with van der Waals surface area (Å²) in [7, 11) is 0. The van der Waals surface area contributed by atoms with Crippen molar-refractivity contribution >= 4 is 17.4 Å². The van der Waals surface area contributed by atoms with E-state index in [0.29, 0.717) is 5.69 Å².